The first kappa shape index (κ1) is 17.1. The highest BCUT2D eigenvalue weighted by Crippen LogP contribution is 2.15. The molecule has 2 amide bonds. The maximum atomic E-state index is 13.4. The third kappa shape index (κ3) is 4.64. The van der Waals surface area contributed by atoms with Crippen molar-refractivity contribution in [1.29, 1.82) is 0 Å². The van der Waals surface area contributed by atoms with E-state index < -0.39 is 17.6 Å². The number of amides is 2. The van der Waals surface area contributed by atoms with Crippen molar-refractivity contribution in [3.63, 3.8) is 0 Å². The van der Waals surface area contributed by atoms with Crippen LogP contribution in [0.25, 0.3) is 0 Å². The molecule has 2 N–H and O–H groups in total. The normalized spacial score (nSPS) is 10.4. The molecule has 0 bridgehead atoms. The van der Waals surface area contributed by atoms with Gasteiger partial charge in [-0.1, -0.05) is 24.3 Å². The number of para-hydroxylation sites is 2. The minimum absolute atomic E-state index is 0.0803. The summed E-state index contributed by atoms with van der Waals surface area (Å²) < 4.78 is 18.8. The van der Waals surface area contributed by atoms with Crippen molar-refractivity contribution in [1.82, 2.24) is 5.43 Å². The average molecular weight is 329 g/mol. The third-order valence-electron chi connectivity index (χ3n) is 2.92. The van der Waals surface area contributed by atoms with Crippen molar-refractivity contribution >= 4 is 23.7 Å². The lowest BCUT2D eigenvalue weighted by Crippen LogP contribution is -2.32. The van der Waals surface area contributed by atoms with Crippen LogP contribution in [-0.4, -0.2) is 24.6 Å². The van der Waals surface area contributed by atoms with Crippen molar-refractivity contribution < 1.29 is 18.7 Å². The van der Waals surface area contributed by atoms with E-state index in [-0.39, 0.29) is 5.69 Å². The van der Waals surface area contributed by atoms with Gasteiger partial charge in [0, 0.05) is 5.56 Å². The molecule has 2 aromatic rings. The molecule has 6 nitrogen and oxygen atoms in total. The molecule has 0 aliphatic heterocycles. The average Bonchev–Trinajstić information content (AvgIpc) is 2.58. The van der Waals surface area contributed by atoms with Crippen LogP contribution >= 0.6 is 0 Å². The fourth-order valence-corrected chi connectivity index (χ4v) is 1.83. The summed E-state index contributed by atoms with van der Waals surface area (Å²) >= 11 is 0. The summed E-state index contributed by atoms with van der Waals surface area (Å²) in [6.45, 7) is 2.34. The van der Waals surface area contributed by atoms with Crippen LogP contribution in [0.1, 0.15) is 12.5 Å². The maximum absolute atomic E-state index is 13.4. The quantitative estimate of drug-likeness (QED) is 0.502. The lowest BCUT2D eigenvalue weighted by atomic mass is 10.2. The number of halogens is 1. The van der Waals surface area contributed by atoms with Gasteiger partial charge in [0.2, 0.25) is 0 Å². The van der Waals surface area contributed by atoms with Crippen LogP contribution in [0.4, 0.5) is 10.1 Å². The molecule has 0 aliphatic carbocycles. The molecular weight excluding hydrogens is 313 g/mol. The van der Waals surface area contributed by atoms with Crippen molar-refractivity contribution in [2.75, 3.05) is 11.9 Å². The topological polar surface area (TPSA) is 79.8 Å². The van der Waals surface area contributed by atoms with Crippen LogP contribution < -0.4 is 15.5 Å². The van der Waals surface area contributed by atoms with Crippen LogP contribution in [0, 0.1) is 5.82 Å². The molecule has 0 fully saturated rings. The molecular formula is C17H16FN3O3. The van der Waals surface area contributed by atoms with E-state index in [1.165, 1.54) is 24.4 Å². The zero-order valence-corrected chi connectivity index (χ0v) is 13.0. The fraction of sp³-hybridized carbons (Fsp3) is 0.118. The van der Waals surface area contributed by atoms with Gasteiger partial charge in [-0.3, -0.25) is 9.59 Å². The Balaban J connectivity index is 1.95. The van der Waals surface area contributed by atoms with Crippen LogP contribution in [0.2, 0.25) is 0 Å². The largest absolute Gasteiger partial charge is 0.493 e. The van der Waals surface area contributed by atoms with E-state index in [9.17, 15) is 14.0 Å². The van der Waals surface area contributed by atoms with E-state index in [1.807, 2.05) is 13.0 Å². The number of hydrogen-bond donors (Lipinski definition) is 2. The number of nitrogens with zero attached hydrogens (tertiary/aromatic N) is 1. The number of hydrazone groups is 1. The monoisotopic (exact) mass is 329 g/mol. The van der Waals surface area contributed by atoms with Gasteiger partial charge in [0.1, 0.15) is 11.6 Å². The number of benzene rings is 2. The Bertz CT molecular complexity index is 762. The summed E-state index contributed by atoms with van der Waals surface area (Å²) in [7, 11) is 0. The maximum Gasteiger partial charge on any atom is 0.329 e. The van der Waals surface area contributed by atoms with Crippen LogP contribution in [0.3, 0.4) is 0 Å². The summed E-state index contributed by atoms with van der Waals surface area (Å²) in [5.41, 5.74) is 2.65. The van der Waals surface area contributed by atoms with Gasteiger partial charge >= 0.3 is 11.8 Å². The number of carbonyl (C=O) groups is 2. The summed E-state index contributed by atoms with van der Waals surface area (Å²) in [4.78, 5) is 23.4. The highest BCUT2D eigenvalue weighted by Gasteiger charge is 2.14. The highest BCUT2D eigenvalue weighted by molar-refractivity contribution is 6.39. The molecule has 7 heteroatoms. The minimum Gasteiger partial charge on any atom is -0.493 e. The van der Waals surface area contributed by atoms with E-state index in [4.69, 9.17) is 4.74 Å². The summed E-state index contributed by atoms with van der Waals surface area (Å²) in [6, 6.07) is 12.7. The van der Waals surface area contributed by atoms with Crippen molar-refractivity contribution in [2.24, 2.45) is 5.10 Å². The smallest absolute Gasteiger partial charge is 0.329 e. The first-order valence-electron chi connectivity index (χ1n) is 7.22. The van der Waals surface area contributed by atoms with Gasteiger partial charge < -0.3 is 10.1 Å². The second kappa shape index (κ2) is 8.42. The summed E-state index contributed by atoms with van der Waals surface area (Å²) in [5.74, 6) is -2.06. The van der Waals surface area contributed by atoms with Gasteiger partial charge in [-0.05, 0) is 31.2 Å². The molecule has 2 aromatic carbocycles. The molecule has 24 heavy (non-hydrogen) atoms. The first-order chi connectivity index (χ1) is 11.6. The van der Waals surface area contributed by atoms with E-state index in [0.717, 1.165) is 0 Å². The third-order valence-corrected chi connectivity index (χ3v) is 2.92. The first-order valence-corrected chi connectivity index (χ1v) is 7.22. The number of hydrogen-bond acceptors (Lipinski definition) is 4. The highest BCUT2D eigenvalue weighted by atomic mass is 19.1. The molecule has 124 valence electrons. The lowest BCUT2D eigenvalue weighted by molar-refractivity contribution is -0.136. The number of carbonyl (C=O) groups excluding carboxylic acids is 2. The Hall–Kier alpha value is -3.22. The number of ether oxygens (including phenoxy) is 1. The molecule has 0 atom stereocenters. The molecule has 0 heterocycles. The summed E-state index contributed by atoms with van der Waals surface area (Å²) in [6.07, 6.45) is 1.36. The molecule has 0 unspecified atom stereocenters. The zero-order chi connectivity index (χ0) is 17.4. The molecule has 0 saturated heterocycles. The number of anilines is 1. The van der Waals surface area contributed by atoms with Crippen LogP contribution in [0.15, 0.2) is 53.6 Å². The van der Waals surface area contributed by atoms with Crippen LogP contribution in [0.5, 0.6) is 5.75 Å². The Morgan fingerprint density at radius 3 is 2.58 bits per heavy atom. The predicted molar refractivity (Wildman–Crippen MR) is 88.4 cm³/mol. The Morgan fingerprint density at radius 2 is 1.83 bits per heavy atom. The zero-order valence-electron chi connectivity index (χ0n) is 13.0. The molecule has 0 radical (unpaired) electrons. The Morgan fingerprint density at radius 1 is 1.12 bits per heavy atom. The van der Waals surface area contributed by atoms with Gasteiger partial charge in [0.25, 0.3) is 0 Å². The van der Waals surface area contributed by atoms with Gasteiger partial charge in [0.15, 0.2) is 0 Å². The molecule has 0 aromatic heterocycles. The Kier molecular flexibility index (Phi) is 6.01. The van der Waals surface area contributed by atoms with Gasteiger partial charge in [-0.15, -0.1) is 0 Å². The fourth-order valence-electron chi connectivity index (χ4n) is 1.83. The van der Waals surface area contributed by atoms with Gasteiger partial charge in [0.05, 0.1) is 18.5 Å². The van der Waals surface area contributed by atoms with Gasteiger partial charge in [-0.25, -0.2) is 9.82 Å². The van der Waals surface area contributed by atoms with Crippen molar-refractivity contribution in [3.05, 3.63) is 59.9 Å². The summed E-state index contributed by atoms with van der Waals surface area (Å²) in [5, 5.41) is 5.88. The van der Waals surface area contributed by atoms with E-state index in [0.29, 0.717) is 17.9 Å². The lowest BCUT2D eigenvalue weighted by Gasteiger charge is -2.06. The van der Waals surface area contributed by atoms with Crippen LogP contribution in [-0.2, 0) is 9.59 Å². The minimum atomic E-state index is -1.02. The number of nitrogens with one attached hydrogen (secondary N) is 2. The second-order valence-electron chi connectivity index (χ2n) is 4.60. The van der Waals surface area contributed by atoms with Gasteiger partial charge in [-0.2, -0.15) is 5.10 Å². The predicted octanol–water partition coefficient (Wildman–Crippen LogP) is 2.31. The molecule has 0 saturated carbocycles. The van der Waals surface area contributed by atoms with E-state index in [2.05, 4.69) is 15.8 Å². The van der Waals surface area contributed by atoms with Crippen molar-refractivity contribution in [3.8, 4) is 5.75 Å². The molecule has 0 spiro atoms. The number of rotatable bonds is 5. The molecule has 2 rings (SSSR count). The SMILES string of the molecule is CCOc1ccccc1C=NNC(=O)C(=O)Nc1ccccc1F. The van der Waals surface area contributed by atoms with Crippen molar-refractivity contribution in [2.45, 2.75) is 6.92 Å². The second-order valence-corrected chi connectivity index (χ2v) is 4.60. The molecule has 0 aliphatic rings. The van der Waals surface area contributed by atoms with E-state index >= 15 is 0 Å². The Labute approximate surface area is 138 Å². The van der Waals surface area contributed by atoms with E-state index in [1.54, 1.807) is 24.3 Å². The standard InChI is InChI=1S/C17H16FN3O3/c1-2-24-15-10-6-3-7-12(15)11-19-21-17(23)16(22)20-14-9-5-4-8-13(14)18/h3-11H,2H2,1H3,(H,20,22)(H,21,23).